The van der Waals surface area contributed by atoms with Crippen molar-refractivity contribution in [3.05, 3.63) is 77.9 Å². The lowest BCUT2D eigenvalue weighted by atomic mass is 10.1. The summed E-state index contributed by atoms with van der Waals surface area (Å²) >= 11 is 1.45. The minimum Gasteiger partial charge on any atom is -0.481 e. The van der Waals surface area contributed by atoms with Gasteiger partial charge in [-0.1, -0.05) is 42.5 Å². The van der Waals surface area contributed by atoms with Gasteiger partial charge in [0.25, 0.3) is 0 Å². The number of carboxylic acids is 2. The van der Waals surface area contributed by atoms with Crippen LogP contribution in [-0.2, 0) is 11.2 Å². The molecule has 2 aromatic carbocycles. The normalized spacial score (nSPS) is 13.3. The molecule has 5 nitrogen and oxygen atoms in total. The van der Waals surface area contributed by atoms with Crippen molar-refractivity contribution in [2.45, 2.75) is 48.4 Å². The molecule has 0 saturated carbocycles. The average Bonchev–Trinajstić information content (AvgIpc) is 2.71. The van der Waals surface area contributed by atoms with Crippen LogP contribution in [0.3, 0.4) is 0 Å². The number of aliphatic hydroxyl groups is 1. The highest BCUT2D eigenvalue weighted by Gasteiger charge is 2.18. The van der Waals surface area contributed by atoms with E-state index in [-0.39, 0.29) is 17.2 Å². The fraction of sp³-hybridized carbons (Fsp3) is 0.304. The molecular weight excluding hydrogens is 388 g/mol. The predicted molar refractivity (Wildman–Crippen MR) is 114 cm³/mol. The third-order valence-electron chi connectivity index (χ3n) is 4.41. The van der Waals surface area contributed by atoms with Gasteiger partial charge in [-0.15, -0.1) is 11.8 Å². The summed E-state index contributed by atoms with van der Waals surface area (Å²) in [6, 6.07) is 16.7. The van der Waals surface area contributed by atoms with Gasteiger partial charge in [0, 0.05) is 11.3 Å². The molecule has 2 rings (SSSR count). The number of aliphatic carboxylic acids is 1. The van der Waals surface area contributed by atoms with Crippen LogP contribution < -0.4 is 0 Å². The topological polar surface area (TPSA) is 94.8 Å². The van der Waals surface area contributed by atoms with Crippen LogP contribution in [-0.4, -0.2) is 38.6 Å². The number of carbonyl (C=O) groups is 2. The van der Waals surface area contributed by atoms with E-state index >= 15 is 0 Å². The molecule has 0 amide bonds. The standard InChI is InChI=1S/C23H26O5S/c24-20(10-6-12-22(25)26)21(11-5-4-9-17-7-2-1-3-8-17)29-19-15-13-18(14-16-19)23(27)28/h1-3,5,7-8,11,13-16,20-21,24H,4,6,9-10,12H2,(H,25,26)(H,27,28)/b11-5+/t20-,21+/m0/s1. The minimum absolute atomic E-state index is 0.0273. The Morgan fingerprint density at radius 3 is 2.31 bits per heavy atom. The van der Waals surface area contributed by atoms with Crippen molar-refractivity contribution in [2.75, 3.05) is 0 Å². The van der Waals surface area contributed by atoms with E-state index in [1.165, 1.54) is 29.5 Å². The van der Waals surface area contributed by atoms with Gasteiger partial charge >= 0.3 is 11.9 Å². The number of hydrogen-bond donors (Lipinski definition) is 3. The third-order valence-corrected chi connectivity index (χ3v) is 5.70. The zero-order valence-corrected chi connectivity index (χ0v) is 16.9. The van der Waals surface area contributed by atoms with Crippen LogP contribution in [0.1, 0.15) is 41.6 Å². The third kappa shape index (κ3) is 8.54. The highest BCUT2D eigenvalue weighted by molar-refractivity contribution is 8.00. The number of allylic oxidation sites excluding steroid dienone is 1. The molecule has 0 spiro atoms. The lowest BCUT2D eigenvalue weighted by molar-refractivity contribution is -0.137. The summed E-state index contributed by atoms with van der Waals surface area (Å²) in [6.07, 6.45) is 5.87. The molecule has 0 saturated heterocycles. The largest absolute Gasteiger partial charge is 0.481 e. The minimum atomic E-state index is -0.979. The highest BCUT2D eigenvalue weighted by atomic mass is 32.2. The molecule has 0 aliphatic rings. The first kappa shape index (κ1) is 22.7. The molecular formula is C23H26O5S. The van der Waals surface area contributed by atoms with E-state index < -0.39 is 18.0 Å². The molecule has 0 bridgehead atoms. The number of hydrogen-bond acceptors (Lipinski definition) is 4. The van der Waals surface area contributed by atoms with Gasteiger partial charge in [-0.2, -0.15) is 0 Å². The fourth-order valence-corrected chi connectivity index (χ4v) is 3.92. The van der Waals surface area contributed by atoms with Gasteiger partial charge in [-0.05, 0) is 55.5 Å². The smallest absolute Gasteiger partial charge is 0.335 e. The Hall–Kier alpha value is -2.57. The van der Waals surface area contributed by atoms with Crippen LogP contribution in [0, 0.1) is 0 Å². The van der Waals surface area contributed by atoms with Crippen molar-refractivity contribution in [3.63, 3.8) is 0 Å². The Labute approximate surface area is 175 Å². The van der Waals surface area contributed by atoms with Gasteiger partial charge in [-0.25, -0.2) is 4.79 Å². The second kappa shape index (κ2) is 12.1. The maximum atomic E-state index is 11.0. The molecule has 154 valence electrons. The summed E-state index contributed by atoms with van der Waals surface area (Å²) < 4.78 is 0. The second-order valence-corrected chi connectivity index (χ2v) is 7.97. The first-order valence-corrected chi connectivity index (χ1v) is 10.4. The molecule has 0 aliphatic heterocycles. The molecule has 0 radical (unpaired) electrons. The van der Waals surface area contributed by atoms with E-state index in [0.717, 1.165) is 17.7 Å². The summed E-state index contributed by atoms with van der Waals surface area (Å²) in [5, 5.41) is 28.2. The Morgan fingerprint density at radius 2 is 1.69 bits per heavy atom. The summed E-state index contributed by atoms with van der Waals surface area (Å²) in [5.41, 5.74) is 1.46. The number of aromatic carboxylic acids is 1. The van der Waals surface area contributed by atoms with E-state index in [1.807, 2.05) is 30.4 Å². The lowest BCUT2D eigenvalue weighted by Gasteiger charge is -2.19. The Bertz CT molecular complexity index is 802. The van der Waals surface area contributed by atoms with E-state index in [2.05, 4.69) is 12.1 Å². The monoisotopic (exact) mass is 414 g/mol. The molecule has 0 heterocycles. The van der Waals surface area contributed by atoms with Crippen LogP contribution in [0.15, 0.2) is 71.6 Å². The van der Waals surface area contributed by atoms with Gasteiger partial charge in [-0.3, -0.25) is 4.79 Å². The summed E-state index contributed by atoms with van der Waals surface area (Å²) in [5.74, 6) is -1.85. The Morgan fingerprint density at radius 1 is 1.00 bits per heavy atom. The lowest BCUT2D eigenvalue weighted by Crippen LogP contribution is -2.21. The van der Waals surface area contributed by atoms with Gasteiger partial charge in [0.05, 0.1) is 16.9 Å². The fourth-order valence-electron chi connectivity index (χ4n) is 2.83. The maximum Gasteiger partial charge on any atom is 0.335 e. The summed E-state index contributed by atoms with van der Waals surface area (Å²) in [6.45, 7) is 0. The predicted octanol–water partition coefficient (Wildman–Crippen LogP) is 4.65. The first-order valence-electron chi connectivity index (χ1n) is 9.56. The zero-order chi connectivity index (χ0) is 21.1. The second-order valence-electron chi connectivity index (χ2n) is 6.72. The molecule has 2 aromatic rings. The quantitative estimate of drug-likeness (QED) is 0.346. The van der Waals surface area contributed by atoms with E-state index in [4.69, 9.17) is 10.2 Å². The number of carboxylic acid groups (broad SMARTS) is 2. The number of aryl methyl sites for hydroxylation is 1. The number of thioether (sulfide) groups is 1. The van der Waals surface area contributed by atoms with Gasteiger partial charge in [0.1, 0.15) is 0 Å². The number of rotatable bonds is 12. The number of benzene rings is 2. The molecule has 3 N–H and O–H groups in total. The van der Waals surface area contributed by atoms with Gasteiger partial charge < -0.3 is 15.3 Å². The van der Waals surface area contributed by atoms with Crippen molar-refractivity contribution in [3.8, 4) is 0 Å². The average molecular weight is 415 g/mol. The van der Waals surface area contributed by atoms with E-state index in [1.54, 1.807) is 12.1 Å². The molecule has 0 unspecified atom stereocenters. The van der Waals surface area contributed by atoms with E-state index in [0.29, 0.717) is 12.8 Å². The van der Waals surface area contributed by atoms with Crippen molar-refractivity contribution in [1.29, 1.82) is 0 Å². The van der Waals surface area contributed by atoms with Crippen LogP contribution in [0.5, 0.6) is 0 Å². The van der Waals surface area contributed by atoms with Crippen molar-refractivity contribution in [1.82, 2.24) is 0 Å². The van der Waals surface area contributed by atoms with Gasteiger partial charge in [0.15, 0.2) is 0 Å². The van der Waals surface area contributed by atoms with Crippen LogP contribution in [0.4, 0.5) is 0 Å². The zero-order valence-electron chi connectivity index (χ0n) is 16.1. The van der Waals surface area contributed by atoms with Crippen LogP contribution in [0.2, 0.25) is 0 Å². The molecule has 0 fully saturated rings. The summed E-state index contributed by atoms with van der Waals surface area (Å²) in [7, 11) is 0. The molecule has 0 aromatic heterocycles. The van der Waals surface area contributed by atoms with Crippen molar-refractivity contribution < 1.29 is 24.9 Å². The highest BCUT2D eigenvalue weighted by Crippen LogP contribution is 2.29. The number of aliphatic hydroxyl groups excluding tert-OH is 1. The van der Waals surface area contributed by atoms with Crippen molar-refractivity contribution >= 4 is 23.7 Å². The Kier molecular flexibility index (Phi) is 9.47. The van der Waals surface area contributed by atoms with Crippen LogP contribution in [0.25, 0.3) is 0 Å². The van der Waals surface area contributed by atoms with E-state index in [9.17, 15) is 14.7 Å². The van der Waals surface area contributed by atoms with Crippen LogP contribution >= 0.6 is 11.8 Å². The maximum absolute atomic E-state index is 11.0. The molecule has 0 aliphatic carbocycles. The first-order chi connectivity index (χ1) is 14.0. The Balaban J connectivity index is 2.00. The van der Waals surface area contributed by atoms with Gasteiger partial charge in [0.2, 0.25) is 0 Å². The SMILES string of the molecule is O=C(O)CCC[C@H](O)[C@@H](/C=C/CCc1ccccc1)Sc1ccc(C(=O)O)cc1. The molecule has 2 atom stereocenters. The molecule has 29 heavy (non-hydrogen) atoms. The van der Waals surface area contributed by atoms with Crippen molar-refractivity contribution in [2.24, 2.45) is 0 Å². The summed E-state index contributed by atoms with van der Waals surface area (Å²) in [4.78, 5) is 22.6. The molecule has 6 heteroatoms.